The van der Waals surface area contributed by atoms with Crippen molar-refractivity contribution in [3.05, 3.63) is 30.1 Å². The molecule has 0 atom stereocenters. The SMILES string of the molecule is O=C(NCC1CCCCC1)c1cccc2n[c]([RaH])cn12. The van der Waals surface area contributed by atoms with Crippen molar-refractivity contribution in [2.45, 2.75) is 32.1 Å². The number of nitrogens with zero attached hydrogens (tertiary/aromatic N) is 2. The molecule has 5 heteroatoms. The number of rotatable bonds is 3. The summed E-state index contributed by atoms with van der Waals surface area (Å²) in [6.45, 7) is 0.809. The molecule has 1 N–H and O–H groups in total. The van der Waals surface area contributed by atoms with Gasteiger partial charge in [0.25, 0.3) is 0 Å². The Morgan fingerprint density at radius 1 is 1.35 bits per heavy atom. The van der Waals surface area contributed by atoms with E-state index in [9.17, 15) is 4.79 Å². The zero-order valence-electron chi connectivity index (χ0n) is 11.9. The fourth-order valence-electron chi connectivity index (χ4n) is 3.04. The van der Waals surface area contributed by atoms with Gasteiger partial charge in [0.05, 0.1) is 0 Å². The van der Waals surface area contributed by atoms with Gasteiger partial charge in [-0.15, -0.1) is 0 Å². The molecule has 1 amide bonds. The predicted octanol–water partition coefficient (Wildman–Crippen LogP) is 1.55. The van der Waals surface area contributed by atoms with Gasteiger partial charge >= 0.3 is 149 Å². The number of carbonyl (C=O) groups is 1. The van der Waals surface area contributed by atoms with Crippen molar-refractivity contribution < 1.29 is 47.6 Å². The van der Waals surface area contributed by atoms with Gasteiger partial charge in [0.1, 0.15) is 0 Å². The van der Waals surface area contributed by atoms with Crippen LogP contribution >= 0.6 is 0 Å². The van der Waals surface area contributed by atoms with E-state index >= 15 is 0 Å². The summed E-state index contributed by atoms with van der Waals surface area (Å²) in [6, 6.07) is 5.75. The quantitative estimate of drug-likeness (QED) is 0.721. The molecule has 1 saturated carbocycles. The van der Waals surface area contributed by atoms with E-state index in [1.807, 2.05) is 28.8 Å². The zero-order chi connectivity index (χ0) is 13.9. The maximum absolute atomic E-state index is 12.4. The molecule has 2 aromatic heterocycles. The minimum absolute atomic E-state index is 0.0242. The Hall–Kier alpha value is -0.372. The Balaban J connectivity index is 1.71. The van der Waals surface area contributed by atoms with Gasteiger partial charge in [0, 0.05) is 0 Å². The number of amides is 1. The van der Waals surface area contributed by atoms with Crippen LogP contribution in [0.2, 0.25) is 0 Å². The van der Waals surface area contributed by atoms with E-state index in [2.05, 4.69) is 10.3 Å². The van der Waals surface area contributed by atoms with Crippen molar-refractivity contribution in [3.8, 4) is 0 Å². The Bertz CT molecular complexity index is 617. The van der Waals surface area contributed by atoms with E-state index in [0.717, 1.165) is 12.9 Å². The third-order valence-corrected chi connectivity index (χ3v) is 6.10. The summed E-state index contributed by atoms with van der Waals surface area (Å²) in [5.41, 5.74) is 1.59. The summed E-state index contributed by atoms with van der Waals surface area (Å²) >= 11 is 0.221. The summed E-state index contributed by atoms with van der Waals surface area (Å²) in [5, 5.41) is 3.10. The average molecular weight is 483 g/mol. The minimum atomic E-state index is 0.0242. The van der Waals surface area contributed by atoms with Gasteiger partial charge in [0.2, 0.25) is 0 Å². The first-order valence-electron chi connectivity index (χ1n) is 7.47. The molecule has 0 spiro atoms. The molecular weight excluding hydrogens is 464 g/mol. The molecule has 0 radical (unpaired) electrons. The molecule has 0 aliphatic heterocycles. The molecule has 2 heterocycles. The van der Waals surface area contributed by atoms with Crippen LogP contribution in [-0.4, -0.2) is 21.8 Å². The number of aromatic nitrogens is 2. The first-order chi connectivity index (χ1) is 9.74. The Kier molecular flexibility index (Phi) is 4.80. The molecule has 0 aromatic carbocycles. The van der Waals surface area contributed by atoms with Gasteiger partial charge < -0.3 is 0 Å². The summed E-state index contributed by atoms with van der Waals surface area (Å²) < 4.78 is 3.08. The predicted molar refractivity (Wildman–Crippen MR) is 75.1 cm³/mol. The van der Waals surface area contributed by atoms with Gasteiger partial charge in [0.15, 0.2) is 0 Å². The number of hydrogen-bond donors (Lipinski definition) is 1. The Labute approximate surface area is 148 Å². The molecule has 3 rings (SSSR count). The topological polar surface area (TPSA) is 46.4 Å². The molecule has 1 aliphatic carbocycles. The third kappa shape index (κ3) is 3.27. The van der Waals surface area contributed by atoms with E-state index in [4.69, 9.17) is 0 Å². The van der Waals surface area contributed by atoms with Crippen molar-refractivity contribution in [1.29, 1.82) is 0 Å². The monoisotopic (exact) mass is 483 g/mol. The molecule has 2 aromatic rings. The van der Waals surface area contributed by atoms with Gasteiger partial charge in [-0.3, -0.25) is 0 Å². The van der Waals surface area contributed by atoms with Crippen LogP contribution in [0.1, 0.15) is 42.6 Å². The second-order valence-corrected chi connectivity index (χ2v) is 9.95. The van der Waals surface area contributed by atoms with Crippen molar-refractivity contribution in [1.82, 2.24) is 14.7 Å². The number of imidazole rings is 1. The zero-order valence-corrected chi connectivity index (χ0v) is 20.2. The van der Waals surface area contributed by atoms with Gasteiger partial charge in [-0.1, -0.05) is 0 Å². The molecule has 4 nitrogen and oxygen atoms in total. The van der Waals surface area contributed by atoms with Crippen molar-refractivity contribution in [2.75, 3.05) is 6.54 Å². The summed E-state index contributed by atoms with van der Waals surface area (Å²) in [4.78, 5) is 16.9. The molecule has 0 unspecified atom stereocenters. The van der Waals surface area contributed by atoms with E-state index in [-0.39, 0.29) is 48.7 Å². The Morgan fingerprint density at radius 3 is 2.95 bits per heavy atom. The van der Waals surface area contributed by atoms with Crippen LogP contribution < -0.4 is 6.05 Å². The third-order valence-electron chi connectivity index (χ3n) is 4.12. The van der Waals surface area contributed by atoms with Gasteiger partial charge in [-0.05, 0) is 0 Å². The van der Waals surface area contributed by atoms with Crippen molar-refractivity contribution in [3.63, 3.8) is 0 Å². The molecular formula is C15H19N3ORa. The summed E-state index contributed by atoms with van der Waals surface area (Å²) in [5.74, 6) is 0.685. The second-order valence-electron chi connectivity index (χ2n) is 5.74. The average Bonchev–Trinajstić information content (AvgIpc) is 2.85. The number of carbonyl (C=O) groups excluding carboxylic acids is 1. The van der Waals surface area contributed by atoms with Crippen LogP contribution in [0, 0.1) is 48.7 Å². The molecule has 20 heavy (non-hydrogen) atoms. The molecule has 1 fully saturated rings. The summed E-state index contributed by atoms with van der Waals surface area (Å²) in [6.07, 6.45) is 8.49. The van der Waals surface area contributed by atoms with E-state index < -0.39 is 0 Å². The fraction of sp³-hybridized carbons (Fsp3) is 0.467. The maximum atomic E-state index is 12.4. The van der Waals surface area contributed by atoms with Gasteiger partial charge in [-0.2, -0.15) is 0 Å². The molecule has 1 aliphatic rings. The van der Waals surface area contributed by atoms with Crippen LogP contribution in [-0.2, 0) is 0 Å². The van der Waals surface area contributed by atoms with Gasteiger partial charge in [-0.25, -0.2) is 0 Å². The van der Waals surface area contributed by atoms with E-state index in [1.165, 1.54) is 32.1 Å². The first kappa shape index (κ1) is 14.6. The second kappa shape index (κ2) is 6.59. The van der Waals surface area contributed by atoms with Crippen LogP contribution in [0.4, 0.5) is 0 Å². The number of hydrogen-bond acceptors (Lipinski definition) is 2. The van der Waals surface area contributed by atoms with Crippen molar-refractivity contribution in [2.24, 2.45) is 5.92 Å². The normalized spacial score (nSPS) is 16.4. The standard InChI is InChI=1S/C15H18N3O.Ra.H/c19-15(17-11-12-5-2-1-3-6-12)13-7-4-8-14-16-9-10-18(13)14;;/h4,7-8,10,12H,1-3,5-6,11H2,(H,17,19);;. The van der Waals surface area contributed by atoms with Crippen LogP contribution in [0.25, 0.3) is 5.65 Å². The van der Waals surface area contributed by atoms with Crippen molar-refractivity contribution >= 4 is 12.3 Å². The van der Waals surface area contributed by atoms with Crippen LogP contribution in [0.5, 0.6) is 0 Å². The first-order valence-corrected chi connectivity index (χ1v) is 11.6. The number of nitrogens with one attached hydrogen (secondary N) is 1. The van der Waals surface area contributed by atoms with E-state index in [0.29, 0.717) is 11.6 Å². The summed E-state index contributed by atoms with van der Waals surface area (Å²) in [7, 11) is 0. The number of fused-ring (bicyclic) bond motifs is 1. The van der Waals surface area contributed by atoms with E-state index in [1.54, 1.807) is 0 Å². The molecule has 102 valence electrons. The van der Waals surface area contributed by atoms with Crippen LogP contribution in [0.15, 0.2) is 24.4 Å². The molecule has 0 bridgehead atoms. The van der Waals surface area contributed by atoms with Crippen LogP contribution in [0.3, 0.4) is 0 Å². The molecule has 0 saturated heterocycles. The Morgan fingerprint density at radius 2 is 2.15 bits per heavy atom. The number of pyridine rings is 1. The fourth-order valence-corrected chi connectivity index (χ4v) is 5.04.